The summed E-state index contributed by atoms with van der Waals surface area (Å²) in [6.45, 7) is 7.79. The number of nitrogens with one attached hydrogen (secondary N) is 1. The van der Waals surface area contributed by atoms with E-state index in [1.807, 2.05) is 54.1 Å². The number of esters is 3. The maximum Gasteiger partial charge on any atom is 0.344 e. The molecular weight excluding hydrogens is 803 g/mol. The predicted octanol–water partition coefficient (Wildman–Crippen LogP) is 4.92. The number of rotatable bonds is 8. The van der Waals surface area contributed by atoms with Crippen LogP contribution in [0.4, 0.5) is 8.78 Å². The molecule has 12 atom stereocenters. The van der Waals surface area contributed by atoms with E-state index in [2.05, 4.69) is 16.0 Å². The summed E-state index contributed by atoms with van der Waals surface area (Å²) in [5.41, 5.74) is -1.92. The highest BCUT2D eigenvalue weighted by molar-refractivity contribution is 6.00. The lowest BCUT2D eigenvalue weighted by molar-refractivity contribution is -0.243. The highest BCUT2D eigenvalue weighted by atomic mass is 19.3. The van der Waals surface area contributed by atoms with Crippen LogP contribution in [0.2, 0.25) is 0 Å². The first-order valence-electron chi connectivity index (χ1n) is 21.8. The number of fused-ring (bicyclic) bond motifs is 6. The average molecular weight is 861 g/mol. The highest BCUT2D eigenvalue weighted by Crippen LogP contribution is 2.70. The third-order valence-electron chi connectivity index (χ3n) is 16.2. The lowest BCUT2D eigenvalue weighted by Gasteiger charge is -2.63. The number of methoxy groups -OCH3 is 3. The van der Waals surface area contributed by atoms with Crippen molar-refractivity contribution in [1.82, 2.24) is 19.7 Å². The quantitative estimate of drug-likeness (QED) is 0.161. The first-order chi connectivity index (χ1) is 29.4. The van der Waals surface area contributed by atoms with E-state index in [1.54, 1.807) is 13.2 Å². The van der Waals surface area contributed by atoms with Crippen LogP contribution in [-0.2, 0) is 45.3 Å². The molecule has 5 aliphatic heterocycles. The molecule has 1 spiro atoms. The zero-order valence-electron chi connectivity index (χ0n) is 36.8. The van der Waals surface area contributed by atoms with Crippen molar-refractivity contribution in [2.45, 2.75) is 101 Å². The Morgan fingerprint density at radius 2 is 1.77 bits per heavy atom. The number of allylic oxidation sites excluding steroid dienone is 1. The van der Waals surface area contributed by atoms with Crippen LogP contribution in [0, 0.1) is 28.6 Å². The number of aromatic amines is 1. The summed E-state index contributed by atoms with van der Waals surface area (Å²) in [5, 5.41) is 14.0. The molecule has 9 rings (SSSR count). The van der Waals surface area contributed by atoms with Crippen LogP contribution in [0.1, 0.15) is 75.0 Å². The van der Waals surface area contributed by atoms with Gasteiger partial charge in [0.1, 0.15) is 5.41 Å². The molecule has 2 N–H and O–H groups in total. The van der Waals surface area contributed by atoms with Gasteiger partial charge in [-0.25, -0.2) is 13.6 Å². The van der Waals surface area contributed by atoms with E-state index in [0.717, 1.165) is 23.4 Å². The Hall–Kier alpha value is -4.44. The molecule has 7 aliphatic rings. The van der Waals surface area contributed by atoms with Crippen molar-refractivity contribution in [2.24, 2.45) is 28.6 Å². The number of ether oxygens (including phenoxy) is 4. The molecule has 6 heterocycles. The Morgan fingerprint density at radius 3 is 2.42 bits per heavy atom. The third kappa shape index (κ3) is 5.62. The maximum absolute atomic E-state index is 15.4. The van der Waals surface area contributed by atoms with Gasteiger partial charge >= 0.3 is 17.9 Å². The lowest BCUT2D eigenvalue weighted by atomic mass is 9.47. The number of aliphatic hydroxyl groups is 1. The number of likely N-dealkylation sites (N-methyl/N-ethyl adjacent to an activating group) is 1. The summed E-state index contributed by atoms with van der Waals surface area (Å²) in [7, 11) is 5.95. The summed E-state index contributed by atoms with van der Waals surface area (Å²) in [4.78, 5) is 65.5. The number of benzene rings is 1. The van der Waals surface area contributed by atoms with E-state index >= 15 is 13.6 Å². The standard InChI is InChI=1S/C47H58F2N4O9/c1-9-44-13-10-15-53-16-14-45(38(44)53)32-19-33(36(59-6)20-35(32)51(5)39(45)47(58,42(57)61-8)40(44)62-26(3)55)46(41(56)60-7)21-27-17-29(43(4,48)49)23-52(22-27)24-31-30-18-28(25(2)54)11-12-34(30)50-37(31)46/h10-13,18-20,27,29,33,36,38-40,50,58H,9,14-17,21-24H2,1-8H3/t27-,29?,33?,36?,38+,39-,40-,44-,45-,46+,47+/m1/s1. The topological polar surface area (TPSA) is 151 Å². The number of Topliss-reactive ketones (excluding diaryl/α,β-unsaturated/α-hetero) is 1. The van der Waals surface area contributed by atoms with E-state index in [9.17, 15) is 19.5 Å². The molecular formula is C47H58F2N4O9. The Labute approximate surface area is 360 Å². The monoisotopic (exact) mass is 860 g/mol. The van der Waals surface area contributed by atoms with E-state index in [-0.39, 0.29) is 43.7 Å². The molecule has 1 saturated carbocycles. The van der Waals surface area contributed by atoms with Gasteiger partial charge in [-0.3, -0.25) is 24.2 Å². The van der Waals surface area contributed by atoms with Gasteiger partial charge in [0.05, 0.1) is 26.4 Å². The number of alkyl halides is 2. The summed E-state index contributed by atoms with van der Waals surface area (Å²) < 4.78 is 54.7. The van der Waals surface area contributed by atoms with Crippen LogP contribution in [0.3, 0.4) is 0 Å². The van der Waals surface area contributed by atoms with Crippen LogP contribution >= 0.6 is 0 Å². The van der Waals surface area contributed by atoms with Crippen molar-refractivity contribution < 1.29 is 52.0 Å². The third-order valence-corrected chi connectivity index (χ3v) is 16.2. The summed E-state index contributed by atoms with van der Waals surface area (Å²) in [6.07, 6.45) is 7.20. The van der Waals surface area contributed by atoms with Crippen LogP contribution in [0.5, 0.6) is 0 Å². The zero-order valence-corrected chi connectivity index (χ0v) is 36.8. The van der Waals surface area contributed by atoms with E-state index < -0.39 is 75.8 Å². The fourth-order valence-electron chi connectivity index (χ4n) is 13.9. The molecule has 15 heteroatoms. The van der Waals surface area contributed by atoms with Gasteiger partial charge in [-0.15, -0.1) is 0 Å². The average Bonchev–Trinajstić information content (AvgIpc) is 3.89. The molecule has 3 saturated heterocycles. The minimum Gasteiger partial charge on any atom is -0.468 e. The highest BCUT2D eigenvalue weighted by Gasteiger charge is 2.81. The van der Waals surface area contributed by atoms with Gasteiger partial charge in [-0.05, 0) is 87.4 Å². The predicted molar refractivity (Wildman–Crippen MR) is 223 cm³/mol. The fraction of sp³-hybridized carbons (Fsp3) is 0.617. The van der Waals surface area contributed by atoms with E-state index in [4.69, 9.17) is 18.9 Å². The van der Waals surface area contributed by atoms with Gasteiger partial charge in [0.2, 0.25) is 11.5 Å². The minimum atomic E-state index is -2.98. The minimum absolute atomic E-state index is 0.134. The van der Waals surface area contributed by atoms with Gasteiger partial charge in [-0.2, -0.15) is 0 Å². The number of piperidine rings is 1. The summed E-state index contributed by atoms with van der Waals surface area (Å²) >= 11 is 0. The lowest BCUT2D eigenvalue weighted by Crippen LogP contribution is -2.79. The molecule has 1 aromatic heterocycles. The smallest absolute Gasteiger partial charge is 0.344 e. The first kappa shape index (κ1) is 42.8. The van der Waals surface area contributed by atoms with Crippen LogP contribution in [0.15, 0.2) is 53.8 Å². The summed E-state index contributed by atoms with van der Waals surface area (Å²) in [6, 6.07) is 4.02. The van der Waals surface area contributed by atoms with E-state index in [1.165, 1.54) is 28.1 Å². The summed E-state index contributed by atoms with van der Waals surface area (Å²) in [5.74, 6) is -7.36. The maximum atomic E-state index is 15.4. The van der Waals surface area contributed by atoms with Gasteiger partial charge < -0.3 is 33.9 Å². The Bertz CT molecular complexity index is 2340. The molecule has 4 unspecified atom stereocenters. The molecule has 4 fully saturated rings. The molecule has 1 aromatic carbocycles. The van der Waals surface area contributed by atoms with Crippen molar-refractivity contribution in [1.29, 1.82) is 0 Å². The molecule has 0 amide bonds. The first-order valence-corrected chi connectivity index (χ1v) is 21.8. The Morgan fingerprint density at radius 1 is 1.03 bits per heavy atom. The van der Waals surface area contributed by atoms with Gasteiger partial charge in [0.15, 0.2) is 11.9 Å². The SMILES string of the molecule is CC[C@]12C=CCN3CC[C@@]4(C5=CC([C@@]6(C(=O)OC)C[C@H]7CC(C(C)(F)F)CN(Cc8c6[nH]c6ccc(C(C)=O)cc86)C7)C(OC)C=C5N(C)[C@H]4[C@@](O)(C(=O)OC)[C@@H]1OC(C)=O)[C@@H]32. The second-order valence-electron chi connectivity index (χ2n) is 19.1. The Balaban J connectivity index is 1.33. The number of hydrogen-bond donors (Lipinski definition) is 2. The van der Waals surface area contributed by atoms with Gasteiger partial charge in [0.25, 0.3) is 0 Å². The van der Waals surface area contributed by atoms with Crippen molar-refractivity contribution in [3.8, 4) is 0 Å². The second-order valence-corrected chi connectivity index (χ2v) is 19.1. The fourth-order valence-corrected chi connectivity index (χ4v) is 13.9. The zero-order chi connectivity index (χ0) is 44.5. The number of nitrogens with zero attached hydrogens (tertiary/aromatic N) is 3. The van der Waals surface area contributed by atoms with Crippen LogP contribution in [0.25, 0.3) is 10.9 Å². The molecule has 0 radical (unpaired) electrons. The van der Waals surface area contributed by atoms with Crippen LogP contribution < -0.4 is 0 Å². The number of hydrogen-bond acceptors (Lipinski definition) is 12. The van der Waals surface area contributed by atoms with Crippen molar-refractivity contribution in [2.75, 3.05) is 54.6 Å². The molecule has 62 heavy (non-hydrogen) atoms. The molecule has 2 bridgehead atoms. The molecule has 2 aromatic rings. The largest absolute Gasteiger partial charge is 0.468 e. The molecule has 334 valence electrons. The number of ketones is 1. The van der Waals surface area contributed by atoms with Crippen molar-refractivity contribution >= 4 is 34.6 Å². The van der Waals surface area contributed by atoms with Crippen molar-refractivity contribution in [3.05, 3.63) is 70.6 Å². The number of aromatic nitrogens is 1. The molecule has 13 nitrogen and oxygen atoms in total. The molecule has 2 aliphatic carbocycles. The number of likely N-dealkylation sites (tertiary alicyclic amines) is 1. The van der Waals surface area contributed by atoms with E-state index in [0.29, 0.717) is 54.9 Å². The van der Waals surface area contributed by atoms with Gasteiger partial charge in [0, 0.05) is 104 Å². The van der Waals surface area contributed by atoms with Crippen molar-refractivity contribution in [3.63, 3.8) is 0 Å². The number of carbonyl (C=O) groups is 4. The second kappa shape index (κ2) is 14.5. The normalized spacial score (nSPS) is 38.4. The number of carbonyl (C=O) groups excluding carboxylic acids is 4. The number of halogens is 2. The van der Waals surface area contributed by atoms with Crippen LogP contribution in [-0.4, -0.2) is 139 Å². The van der Waals surface area contributed by atoms with Gasteiger partial charge in [-0.1, -0.05) is 25.2 Å². The number of H-pyrrole nitrogens is 1. The Kier molecular flexibility index (Phi) is 10.1.